The maximum absolute atomic E-state index is 12.3. The van der Waals surface area contributed by atoms with E-state index in [9.17, 15) is 14.7 Å². The molecular weight excluding hydrogens is 272 g/mol. The first-order valence-corrected chi connectivity index (χ1v) is 6.97. The summed E-state index contributed by atoms with van der Waals surface area (Å²) in [6.07, 6.45) is 0.365. The van der Waals surface area contributed by atoms with E-state index in [-0.39, 0.29) is 17.6 Å². The molecule has 21 heavy (non-hydrogen) atoms. The van der Waals surface area contributed by atoms with Crippen LogP contribution in [0.15, 0.2) is 24.3 Å². The second-order valence-electron chi connectivity index (χ2n) is 4.93. The van der Waals surface area contributed by atoms with Crippen molar-refractivity contribution in [2.75, 3.05) is 39.9 Å². The van der Waals surface area contributed by atoms with Crippen molar-refractivity contribution in [3.63, 3.8) is 0 Å². The van der Waals surface area contributed by atoms with Gasteiger partial charge in [0.1, 0.15) is 5.75 Å². The molecule has 1 N–H and O–H groups in total. The predicted molar refractivity (Wildman–Crippen MR) is 77.1 cm³/mol. The normalized spacial score (nSPS) is 15.1. The molecule has 2 rings (SSSR count). The number of methoxy groups -OCH3 is 1. The molecule has 2 amide bonds. The van der Waals surface area contributed by atoms with Gasteiger partial charge in [-0.15, -0.1) is 0 Å². The smallest absolute Gasteiger partial charge is 0.257 e. The van der Waals surface area contributed by atoms with Crippen molar-refractivity contribution in [2.24, 2.45) is 0 Å². The molecule has 0 spiro atoms. The molecule has 114 valence electrons. The van der Waals surface area contributed by atoms with Crippen LogP contribution in [0.5, 0.6) is 5.75 Å². The minimum Gasteiger partial charge on any atom is -0.507 e. The standard InChI is InChI=1S/C15H20N2O4/c1-21-11-6-14(19)16-7-9-17(10-8-16)15(20)12-4-2-3-5-13(12)18/h2-5,18H,6-11H2,1H3. The van der Waals surface area contributed by atoms with E-state index in [2.05, 4.69) is 0 Å². The van der Waals surface area contributed by atoms with Crippen molar-refractivity contribution in [3.05, 3.63) is 29.8 Å². The van der Waals surface area contributed by atoms with Crippen LogP contribution in [0.2, 0.25) is 0 Å². The quantitative estimate of drug-likeness (QED) is 0.887. The Bertz CT molecular complexity index is 510. The minimum absolute atomic E-state index is 0.0129. The SMILES string of the molecule is COCCC(=O)N1CCN(C(=O)c2ccccc2O)CC1. The molecule has 0 aromatic heterocycles. The Balaban J connectivity index is 1.91. The summed E-state index contributed by atoms with van der Waals surface area (Å²) in [7, 11) is 1.57. The summed E-state index contributed by atoms with van der Waals surface area (Å²) in [6, 6.07) is 6.50. The molecule has 1 aromatic rings. The first-order valence-electron chi connectivity index (χ1n) is 6.97. The zero-order valence-corrected chi connectivity index (χ0v) is 12.1. The Labute approximate surface area is 123 Å². The van der Waals surface area contributed by atoms with Gasteiger partial charge in [-0.1, -0.05) is 12.1 Å². The van der Waals surface area contributed by atoms with Crippen LogP contribution in [0.4, 0.5) is 0 Å². The molecular formula is C15H20N2O4. The lowest BCUT2D eigenvalue weighted by Crippen LogP contribution is -2.50. The molecule has 1 aromatic carbocycles. The lowest BCUT2D eigenvalue weighted by Gasteiger charge is -2.35. The maximum Gasteiger partial charge on any atom is 0.257 e. The monoisotopic (exact) mass is 292 g/mol. The molecule has 0 radical (unpaired) electrons. The Morgan fingerprint density at radius 2 is 1.76 bits per heavy atom. The minimum atomic E-state index is -0.197. The number of phenolic OH excluding ortho intramolecular Hbond substituents is 1. The number of hydrogen-bond donors (Lipinski definition) is 1. The van der Waals surface area contributed by atoms with E-state index in [4.69, 9.17) is 4.74 Å². The predicted octanol–water partition coefficient (Wildman–Crippen LogP) is 0.713. The van der Waals surface area contributed by atoms with Gasteiger partial charge in [-0.05, 0) is 12.1 Å². The van der Waals surface area contributed by atoms with Gasteiger partial charge < -0.3 is 19.6 Å². The van der Waals surface area contributed by atoms with E-state index in [1.165, 1.54) is 6.07 Å². The third-order valence-corrected chi connectivity index (χ3v) is 3.57. The summed E-state index contributed by atoms with van der Waals surface area (Å²) in [4.78, 5) is 27.6. The van der Waals surface area contributed by atoms with Crippen molar-refractivity contribution in [1.29, 1.82) is 0 Å². The molecule has 0 aliphatic carbocycles. The van der Waals surface area contributed by atoms with Gasteiger partial charge in [-0.2, -0.15) is 0 Å². The van der Waals surface area contributed by atoms with Crippen molar-refractivity contribution >= 4 is 11.8 Å². The third kappa shape index (κ3) is 3.72. The van der Waals surface area contributed by atoms with E-state index < -0.39 is 0 Å². The van der Waals surface area contributed by atoms with Crippen LogP contribution in [-0.4, -0.2) is 66.6 Å². The number of piperazine rings is 1. The fourth-order valence-corrected chi connectivity index (χ4v) is 2.33. The Hall–Kier alpha value is -2.08. The molecule has 0 saturated carbocycles. The number of phenols is 1. The van der Waals surface area contributed by atoms with Crippen LogP contribution < -0.4 is 0 Å². The highest BCUT2D eigenvalue weighted by atomic mass is 16.5. The van der Waals surface area contributed by atoms with Crippen molar-refractivity contribution in [1.82, 2.24) is 9.80 Å². The number of para-hydroxylation sites is 1. The highest BCUT2D eigenvalue weighted by Crippen LogP contribution is 2.18. The fourth-order valence-electron chi connectivity index (χ4n) is 2.33. The number of carbonyl (C=O) groups excluding carboxylic acids is 2. The van der Waals surface area contributed by atoms with Crippen LogP contribution in [-0.2, 0) is 9.53 Å². The number of hydrogen-bond acceptors (Lipinski definition) is 4. The number of amides is 2. The largest absolute Gasteiger partial charge is 0.507 e. The zero-order valence-electron chi connectivity index (χ0n) is 12.1. The fraction of sp³-hybridized carbons (Fsp3) is 0.467. The Kier molecular flexibility index (Phi) is 5.16. The molecule has 1 heterocycles. The summed E-state index contributed by atoms with van der Waals surface area (Å²) in [5.74, 6) is -0.162. The molecule has 6 heteroatoms. The highest BCUT2D eigenvalue weighted by molar-refractivity contribution is 5.97. The van der Waals surface area contributed by atoms with E-state index in [1.807, 2.05) is 0 Å². The van der Waals surface area contributed by atoms with Gasteiger partial charge in [0.25, 0.3) is 5.91 Å². The van der Waals surface area contributed by atoms with Crippen LogP contribution in [0.25, 0.3) is 0 Å². The molecule has 6 nitrogen and oxygen atoms in total. The van der Waals surface area contributed by atoms with Crippen LogP contribution >= 0.6 is 0 Å². The van der Waals surface area contributed by atoms with Crippen LogP contribution in [0.1, 0.15) is 16.8 Å². The molecule has 1 fully saturated rings. The van der Waals surface area contributed by atoms with Crippen molar-refractivity contribution in [3.8, 4) is 5.75 Å². The number of benzene rings is 1. The average molecular weight is 292 g/mol. The first-order chi connectivity index (χ1) is 10.1. The van der Waals surface area contributed by atoms with Gasteiger partial charge in [0.15, 0.2) is 0 Å². The second-order valence-corrected chi connectivity index (χ2v) is 4.93. The third-order valence-electron chi connectivity index (χ3n) is 3.57. The van der Waals surface area contributed by atoms with Gasteiger partial charge in [-0.25, -0.2) is 0 Å². The van der Waals surface area contributed by atoms with Crippen molar-refractivity contribution in [2.45, 2.75) is 6.42 Å². The molecule has 1 aliphatic rings. The topological polar surface area (TPSA) is 70.1 Å². The van der Waals surface area contributed by atoms with Crippen molar-refractivity contribution < 1.29 is 19.4 Å². The van der Waals surface area contributed by atoms with E-state index in [0.29, 0.717) is 44.8 Å². The summed E-state index contributed by atoms with van der Waals surface area (Å²) in [5, 5.41) is 9.72. The Morgan fingerprint density at radius 1 is 1.14 bits per heavy atom. The Morgan fingerprint density at radius 3 is 2.38 bits per heavy atom. The molecule has 0 unspecified atom stereocenters. The van der Waals surface area contributed by atoms with Gasteiger partial charge >= 0.3 is 0 Å². The molecule has 1 saturated heterocycles. The first kappa shape index (κ1) is 15.3. The number of ether oxygens (including phenoxy) is 1. The number of rotatable bonds is 4. The maximum atomic E-state index is 12.3. The number of aromatic hydroxyl groups is 1. The van der Waals surface area contributed by atoms with E-state index in [1.54, 1.807) is 35.1 Å². The summed E-state index contributed by atoms with van der Waals surface area (Å²) in [5.41, 5.74) is 0.302. The van der Waals surface area contributed by atoms with Crippen LogP contribution in [0, 0.1) is 0 Å². The summed E-state index contributed by atoms with van der Waals surface area (Å²) >= 11 is 0. The molecule has 0 atom stereocenters. The van der Waals surface area contributed by atoms with Gasteiger partial charge in [0.05, 0.1) is 18.6 Å². The average Bonchev–Trinajstić information content (AvgIpc) is 2.52. The molecule has 0 bridgehead atoms. The van der Waals surface area contributed by atoms with E-state index in [0.717, 1.165) is 0 Å². The summed E-state index contributed by atoms with van der Waals surface area (Å²) in [6.45, 7) is 2.40. The summed E-state index contributed by atoms with van der Waals surface area (Å²) < 4.78 is 4.89. The number of nitrogens with zero attached hydrogens (tertiary/aromatic N) is 2. The zero-order chi connectivity index (χ0) is 15.2. The lowest BCUT2D eigenvalue weighted by molar-refractivity contribution is -0.133. The van der Waals surface area contributed by atoms with E-state index >= 15 is 0 Å². The van der Waals surface area contributed by atoms with Gasteiger partial charge in [-0.3, -0.25) is 9.59 Å². The lowest BCUT2D eigenvalue weighted by atomic mass is 10.1. The van der Waals surface area contributed by atoms with Gasteiger partial charge in [0, 0.05) is 33.3 Å². The highest BCUT2D eigenvalue weighted by Gasteiger charge is 2.25. The second kappa shape index (κ2) is 7.08. The molecule has 1 aliphatic heterocycles. The number of carbonyl (C=O) groups is 2. The van der Waals surface area contributed by atoms with Gasteiger partial charge in [0.2, 0.25) is 5.91 Å². The van der Waals surface area contributed by atoms with Crippen LogP contribution in [0.3, 0.4) is 0 Å².